The SMILES string of the molecule is CCCCC/C=C\C/C=C\CCCCCCCCCCCC(=O)OC(COCCCCCCCC/C=C\CCCCCCCCC)COP(=O)(O)OCC(O)CO. The highest BCUT2D eigenvalue weighted by Gasteiger charge is 2.26. The summed E-state index contributed by atoms with van der Waals surface area (Å²) in [6.45, 7) is 3.50. The monoisotopic (exact) mass is 829 g/mol. The number of phosphoric acid groups is 1. The van der Waals surface area contributed by atoms with E-state index < -0.39 is 33.2 Å². The molecule has 9 nitrogen and oxygen atoms in total. The van der Waals surface area contributed by atoms with Gasteiger partial charge in [0.15, 0.2) is 0 Å². The highest BCUT2D eigenvalue weighted by Crippen LogP contribution is 2.43. The van der Waals surface area contributed by atoms with Gasteiger partial charge in [-0.05, 0) is 70.6 Å². The van der Waals surface area contributed by atoms with Crippen molar-refractivity contribution in [2.45, 2.75) is 225 Å². The number of carbonyl (C=O) groups is 1. The lowest BCUT2D eigenvalue weighted by Gasteiger charge is -2.20. The predicted molar refractivity (Wildman–Crippen MR) is 237 cm³/mol. The van der Waals surface area contributed by atoms with Gasteiger partial charge in [-0.25, -0.2) is 4.57 Å². The van der Waals surface area contributed by atoms with Crippen LogP contribution in [0.15, 0.2) is 36.5 Å². The number of esters is 1. The minimum atomic E-state index is -4.52. The second kappa shape index (κ2) is 44.2. The van der Waals surface area contributed by atoms with E-state index in [-0.39, 0.29) is 25.6 Å². The maximum absolute atomic E-state index is 12.6. The van der Waals surface area contributed by atoms with Gasteiger partial charge < -0.3 is 24.6 Å². The van der Waals surface area contributed by atoms with Crippen LogP contribution in [0.1, 0.15) is 213 Å². The Hall–Kier alpha value is -1.32. The largest absolute Gasteiger partial charge is 0.472 e. The first-order valence-electron chi connectivity index (χ1n) is 23.5. The number of allylic oxidation sites excluding steroid dienone is 6. The average Bonchev–Trinajstić information content (AvgIpc) is 3.20. The number of phosphoric ester groups is 1. The highest BCUT2D eigenvalue weighted by atomic mass is 31.2. The van der Waals surface area contributed by atoms with E-state index in [2.05, 4.69) is 50.3 Å². The Balaban J connectivity index is 4.14. The van der Waals surface area contributed by atoms with Gasteiger partial charge in [-0.1, -0.05) is 172 Å². The van der Waals surface area contributed by atoms with E-state index in [4.69, 9.17) is 23.6 Å². The fourth-order valence-electron chi connectivity index (χ4n) is 6.44. The first-order chi connectivity index (χ1) is 27.8. The summed E-state index contributed by atoms with van der Waals surface area (Å²) in [6.07, 6.45) is 48.1. The summed E-state index contributed by atoms with van der Waals surface area (Å²) in [6, 6.07) is 0. The maximum Gasteiger partial charge on any atom is 0.472 e. The second-order valence-electron chi connectivity index (χ2n) is 15.8. The zero-order chi connectivity index (χ0) is 41.8. The molecule has 3 N–H and O–H groups in total. The lowest BCUT2D eigenvalue weighted by atomic mass is 10.1. The molecule has 0 aromatic carbocycles. The molecule has 0 aliphatic rings. The fourth-order valence-corrected chi connectivity index (χ4v) is 7.23. The van der Waals surface area contributed by atoms with Crippen LogP contribution >= 0.6 is 7.82 Å². The van der Waals surface area contributed by atoms with E-state index in [0.29, 0.717) is 6.61 Å². The minimum absolute atomic E-state index is 0.0447. The number of aliphatic hydroxyl groups is 2. The molecule has 0 fully saturated rings. The number of hydrogen-bond donors (Lipinski definition) is 3. The van der Waals surface area contributed by atoms with Gasteiger partial charge in [-0.15, -0.1) is 0 Å². The summed E-state index contributed by atoms with van der Waals surface area (Å²) in [7, 11) is -4.52. The van der Waals surface area contributed by atoms with Crippen molar-refractivity contribution in [3.8, 4) is 0 Å². The van der Waals surface area contributed by atoms with Crippen LogP contribution in [0.4, 0.5) is 0 Å². The quantitative estimate of drug-likeness (QED) is 0.0237. The number of hydrogen-bond acceptors (Lipinski definition) is 8. The molecule has 0 amide bonds. The van der Waals surface area contributed by atoms with Crippen molar-refractivity contribution in [2.75, 3.05) is 33.0 Å². The molecule has 0 aliphatic carbocycles. The Labute approximate surface area is 350 Å². The van der Waals surface area contributed by atoms with Gasteiger partial charge in [0, 0.05) is 13.0 Å². The van der Waals surface area contributed by atoms with E-state index in [0.717, 1.165) is 57.8 Å². The van der Waals surface area contributed by atoms with Crippen molar-refractivity contribution in [3.63, 3.8) is 0 Å². The average molecular weight is 829 g/mol. The molecule has 0 saturated heterocycles. The summed E-state index contributed by atoms with van der Waals surface area (Å²) in [5, 5.41) is 18.4. The molecule has 336 valence electrons. The van der Waals surface area contributed by atoms with Gasteiger partial charge in [0.1, 0.15) is 12.2 Å². The number of ether oxygens (including phenoxy) is 2. The Morgan fingerprint density at radius 1 is 0.544 bits per heavy atom. The number of carbonyl (C=O) groups excluding carboxylic acids is 1. The van der Waals surface area contributed by atoms with E-state index in [1.165, 1.54) is 135 Å². The third-order valence-corrected chi connectivity index (χ3v) is 11.0. The molecule has 0 aromatic heterocycles. The Bertz CT molecular complexity index is 986. The molecule has 0 heterocycles. The first-order valence-corrected chi connectivity index (χ1v) is 25.0. The van der Waals surface area contributed by atoms with Gasteiger partial charge >= 0.3 is 13.8 Å². The zero-order valence-corrected chi connectivity index (χ0v) is 37.7. The zero-order valence-electron chi connectivity index (χ0n) is 36.8. The molecule has 57 heavy (non-hydrogen) atoms. The van der Waals surface area contributed by atoms with Gasteiger partial charge in [0.2, 0.25) is 0 Å². The summed E-state index contributed by atoms with van der Waals surface area (Å²) >= 11 is 0. The van der Waals surface area contributed by atoms with Crippen molar-refractivity contribution in [1.29, 1.82) is 0 Å². The van der Waals surface area contributed by atoms with Crippen molar-refractivity contribution in [1.82, 2.24) is 0 Å². The molecule has 0 aliphatic heterocycles. The number of aliphatic hydroxyl groups excluding tert-OH is 2. The summed E-state index contributed by atoms with van der Waals surface area (Å²) in [5.41, 5.74) is 0. The van der Waals surface area contributed by atoms with E-state index in [1.54, 1.807) is 0 Å². The minimum Gasteiger partial charge on any atom is -0.457 e. The summed E-state index contributed by atoms with van der Waals surface area (Å²) in [5.74, 6) is -0.388. The third-order valence-electron chi connectivity index (χ3n) is 10.0. The predicted octanol–water partition coefficient (Wildman–Crippen LogP) is 13.2. The van der Waals surface area contributed by atoms with E-state index >= 15 is 0 Å². The maximum atomic E-state index is 12.6. The van der Waals surface area contributed by atoms with Crippen molar-refractivity contribution < 1.29 is 43.0 Å². The van der Waals surface area contributed by atoms with Crippen LogP contribution in [0, 0.1) is 0 Å². The Morgan fingerprint density at radius 2 is 0.947 bits per heavy atom. The van der Waals surface area contributed by atoms with E-state index in [9.17, 15) is 19.4 Å². The van der Waals surface area contributed by atoms with Crippen LogP contribution in [0.2, 0.25) is 0 Å². The standard InChI is InChI=1S/C47H89O9P/c1-3-5-7-9-11-13-15-17-19-21-22-23-25-27-29-31-33-35-37-39-47(50)56-46(44-55-57(51,52)54-42-45(49)41-48)43-53-40-38-36-34-32-30-28-26-24-20-18-16-14-12-10-8-6-4-2/h11,13,17,19-20,24,45-46,48-49H,3-10,12,14-16,18,21-23,25-44H2,1-2H3,(H,51,52)/b13-11-,19-17-,24-20-. The molecular weight excluding hydrogens is 739 g/mol. The smallest absolute Gasteiger partial charge is 0.457 e. The molecule has 0 spiro atoms. The van der Waals surface area contributed by atoms with Crippen LogP contribution in [0.5, 0.6) is 0 Å². The van der Waals surface area contributed by atoms with Crippen LogP contribution in [0.3, 0.4) is 0 Å². The van der Waals surface area contributed by atoms with Crippen molar-refractivity contribution >= 4 is 13.8 Å². The first kappa shape index (κ1) is 55.7. The fraction of sp³-hybridized carbons (Fsp3) is 0.851. The van der Waals surface area contributed by atoms with Crippen LogP contribution in [0.25, 0.3) is 0 Å². The van der Waals surface area contributed by atoms with Gasteiger partial charge in [0.05, 0.1) is 26.4 Å². The summed E-state index contributed by atoms with van der Waals surface area (Å²) < 4.78 is 33.4. The lowest BCUT2D eigenvalue weighted by molar-refractivity contribution is -0.154. The number of unbranched alkanes of at least 4 members (excludes halogenated alkanes) is 25. The Morgan fingerprint density at radius 3 is 1.46 bits per heavy atom. The van der Waals surface area contributed by atoms with E-state index in [1.807, 2.05) is 0 Å². The van der Waals surface area contributed by atoms with Crippen LogP contribution in [-0.4, -0.2) is 66.3 Å². The molecule has 0 aromatic rings. The number of rotatable bonds is 45. The molecule has 0 rings (SSSR count). The Kier molecular flexibility index (Phi) is 43.2. The lowest BCUT2D eigenvalue weighted by Crippen LogP contribution is -2.29. The molecule has 3 atom stereocenters. The highest BCUT2D eigenvalue weighted by molar-refractivity contribution is 7.47. The van der Waals surface area contributed by atoms with Crippen LogP contribution < -0.4 is 0 Å². The topological polar surface area (TPSA) is 132 Å². The van der Waals surface area contributed by atoms with Crippen molar-refractivity contribution in [3.05, 3.63) is 36.5 Å². The molecule has 0 radical (unpaired) electrons. The second-order valence-corrected chi connectivity index (χ2v) is 17.2. The third kappa shape index (κ3) is 44.1. The summed E-state index contributed by atoms with van der Waals surface area (Å²) in [4.78, 5) is 22.6. The normalized spacial score (nSPS) is 14.3. The molecule has 10 heteroatoms. The molecule has 3 unspecified atom stereocenters. The molecular formula is C47H89O9P. The van der Waals surface area contributed by atoms with Gasteiger partial charge in [-0.3, -0.25) is 13.8 Å². The van der Waals surface area contributed by atoms with Gasteiger partial charge in [-0.2, -0.15) is 0 Å². The molecule has 0 bridgehead atoms. The molecule has 0 saturated carbocycles. The van der Waals surface area contributed by atoms with Crippen LogP contribution in [-0.2, 0) is 27.9 Å². The van der Waals surface area contributed by atoms with Gasteiger partial charge in [0.25, 0.3) is 0 Å². The van der Waals surface area contributed by atoms with Crippen molar-refractivity contribution in [2.24, 2.45) is 0 Å².